The van der Waals surface area contributed by atoms with Gasteiger partial charge in [0.05, 0.1) is 6.04 Å². The van der Waals surface area contributed by atoms with E-state index in [-0.39, 0.29) is 18.4 Å². The van der Waals surface area contributed by atoms with Crippen molar-refractivity contribution in [2.24, 2.45) is 0 Å². The summed E-state index contributed by atoms with van der Waals surface area (Å²) in [7, 11) is 0. The zero-order chi connectivity index (χ0) is 13.1. The summed E-state index contributed by atoms with van der Waals surface area (Å²) in [4.78, 5) is 0. The largest absolute Gasteiger partial charge is 0.492 e. The fourth-order valence-electron chi connectivity index (χ4n) is 2.48. The Kier molecular flexibility index (Phi) is 5.30. The molecule has 0 aromatic heterocycles. The Bertz CT molecular complexity index is 574. The molecule has 0 radical (unpaired) electrons. The van der Waals surface area contributed by atoms with Gasteiger partial charge in [-0.05, 0) is 42.3 Å². The highest BCUT2D eigenvalue weighted by Crippen LogP contribution is 2.24. The Morgan fingerprint density at radius 1 is 1.15 bits per heavy atom. The molecule has 0 bridgehead atoms. The number of benzene rings is 2. The molecular weight excluding hydrogens is 293 g/mol. The average molecular weight is 310 g/mol. The van der Waals surface area contributed by atoms with Gasteiger partial charge < -0.3 is 10.1 Å². The maximum absolute atomic E-state index is 5.95. The van der Waals surface area contributed by atoms with Gasteiger partial charge in [-0.25, -0.2) is 0 Å². The first-order valence-corrected chi connectivity index (χ1v) is 6.90. The molecule has 1 N–H and O–H groups in total. The molecule has 0 amide bonds. The third kappa shape index (κ3) is 3.45. The predicted molar refractivity (Wildman–Crippen MR) is 85.1 cm³/mol. The number of halogens is 2. The molecule has 2 nitrogen and oxygen atoms in total. The summed E-state index contributed by atoms with van der Waals surface area (Å²) < 4.78 is 5.84. The summed E-state index contributed by atoms with van der Waals surface area (Å²) in [6.45, 7) is 1.62. The van der Waals surface area contributed by atoms with E-state index in [0.29, 0.717) is 11.6 Å². The molecule has 4 heteroatoms. The van der Waals surface area contributed by atoms with E-state index < -0.39 is 0 Å². The summed E-state index contributed by atoms with van der Waals surface area (Å²) in [5.41, 5.74) is 2.76. The van der Waals surface area contributed by atoms with Crippen molar-refractivity contribution in [2.45, 2.75) is 12.5 Å². The van der Waals surface area contributed by atoms with Gasteiger partial charge in [0.15, 0.2) is 0 Å². The maximum atomic E-state index is 5.95. The summed E-state index contributed by atoms with van der Waals surface area (Å²) >= 11 is 5.95. The highest BCUT2D eigenvalue weighted by Gasteiger charge is 2.19. The normalized spacial score (nSPS) is 16.9. The van der Waals surface area contributed by atoms with E-state index >= 15 is 0 Å². The van der Waals surface area contributed by atoms with Crippen LogP contribution in [-0.2, 0) is 6.42 Å². The summed E-state index contributed by atoms with van der Waals surface area (Å²) in [6.07, 6.45) is 1.09. The van der Waals surface area contributed by atoms with E-state index in [9.17, 15) is 0 Å². The SMILES string of the molecule is Cl.Clc1cccc(OCC2NCCc3ccccc32)c1. The molecule has 3 rings (SSSR count). The first-order chi connectivity index (χ1) is 9.33. The Hall–Kier alpha value is -1.22. The molecule has 1 unspecified atom stereocenters. The van der Waals surface area contributed by atoms with Crippen LogP contribution in [0.25, 0.3) is 0 Å². The second-order valence-corrected chi connectivity index (χ2v) is 5.16. The van der Waals surface area contributed by atoms with Gasteiger partial charge in [-0.3, -0.25) is 0 Å². The number of rotatable bonds is 3. The monoisotopic (exact) mass is 309 g/mol. The molecule has 0 saturated carbocycles. The van der Waals surface area contributed by atoms with Crippen molar-refractivity contribution in [3.8, 4) is 5.75 Å². The lowest BCUT2D eigenvalue weighted by atomic mass is 9.95. The lowest BCUT2D eigenvalue weighted by molar-refractivity contribution is 0.261. The van der Waals surface area contributed by atoms with Crippen molar-refractivity contribution >= 4 is 24.0 Å². The molecule has 1 aliphatic heterocycles. The number of nitrogens with one attached hydrogen (secondary N) is 1. The topological polar surface area (TPSA) is 21.3 Å². The van der Waals surface area contributed by atoms with Crippen molar-refractivity contribution in [3.05, 3.63) is 64.7 Å². The first-order valence-electron chi connectivity index (χ1n) is 6.52. The quantitative estimate of drug-likeness (QED) is 0.924. The Morgan fingerprint density at radius 2 is 2.00 bits per heavy atom. The van der Waals surface area contributed by atoms with Crippen LogP contribution in [0.1, 0.15) is 17.2 Å². The van der Waals surface area contributed by atoms with E-state index in [1.165, 1.54) is 11.1 Å². The summed E-state index contributed by atoms with van der Waals surface area (Å²) in [5, 5.41) is 4.21. The number of fused-ring (bicyclic) bond motifs is 1. The van der Waals surface area contributed by atoms with E-state index in [1.807, 2.05) is 24.3 Å². The van der Waals surface area contributed by atoms with Crippen LogP contribution in [0.15, 0.2) is 48.5 Å². The lowest BCUT2D eigenvalue weighted by Gasteiger charge is -2.26. The zero-order valence-electron chi connectivity index (χ0n) is 11.0. The summed E-state index contributed by atoms with van der Waals surface area (Å²) in [5.74, 6) is 0.817. The molecule has 2 aromatic rings. The molecule has 106 valence electrons. The highest BCUT2D eigenvalue weighted by molar-refractivity contribution is 6.30. The molecule has 1 aliphatic rings. The van der Waals surface area contributed by atoms with Crippen LogP contribution >= 0.6 is 24.0 Å². The minimum Gasteiger partial charge on any atom is -0.492 e. The third-order valence-electron chi connectivity index (χ3n) is 3.43. The van der Waals surface area contributed by atoms with Gasteiger partial charge in [-0.15, -0.1) is 12.4 Å². The highest BCUT2D eigenvalue weighted by atomic mass is 35.5. The number of hydrogen-bond acceptors (Lipinski definition) is 2. The van der Waals surface area contributed by atoms with Gasteiger partial charge in [-0.2, -0.15) is 0 Å². The van der Waals surface area contributed by atoms with Crippen molar-refractivity contribution in [3.63, 3.8) is 0 Å². The van der Waals surface area contributed by atoms with E-state index in [1.54, 1.807) is 0 Å². The van der Waals surface area contributed by atoms with Crippen LogP contribution in [0.4, 0.5) is 0 Å². The maximum Gasteiger partial charge on any atom is 0.120 e. The van der Waals surface area contributed by atoms with E-state index in [4.69, 9.17) is 16.3 Å². The van der Waals surface area contributed by atoms with Gasteiger partial charge in [-0.1, -0.05) is 41.9 Å². The Balaban J connectivity index is 0.00000147. The third-order valence-corrected chi connectivity index (χ3v) is 3.66. The molecule has 20 heavy (non-hydrogen) atoms. The molecule has 2 aromatic carbocycles. The van der Waals surface area contributed by atoms with Crippen LogP contribution in [0.3, 0.4) is 0 Å². The number of ether oxygens (including phenoxy) is 1. The zero-order valence-corrected chi connectivity index (χ0v) is 12.6. The first kappa shape index (κ1) is 15.2. The van der Waals surface area contributed by atoms with Crippen LogP contribution in [0, 0.1) is 0 Å². The van der Waals surface area contributed by atoms with Crippen LogP contribution in [0.5, 0.6) is 5.75 Å². The fourth-order valence-corrected chi connectivity index (χ4v) is 2.66. The Morgan fingerprint density at radius 3 is 2.85 bits per heavy atom. The lowest BCUT2D eigenvalue weighted by Crippen LogP contribution is -2.33. The summed E-state index contributed by atoms with van der Waals surface area (Å²) in [6, 6.07) is 16.3. The minimum atomic E-state index is 0. The minimum absolute atomic E-state index is 0. The molecule has 0 fully saturated rings. The van der Waals surface area contributed by atoms with Gasteiger partial charge in [0.1, 0.15) is 12.4 Å². The van der Waals surface area contributed by atoms with Crippen LogP contribution < -0.4 is 10.1 Å². The van der Waals surface area contributed by atoms with Crippen molar-refractivity contribution in [2.75, 3.05) is 13.2 Å². The Labute approximate surface area is 130 Å². The van der Waals surface area contributed by atoms with Gasteiger partial charge in [0.2, 0.25) is 0 Å². The van der Waals surface area contributed by atoms with Gasteiger partial charge in [0.25, 0.3) is 0 Å². The molecule has 1 heterocycles. The average Bonchev–Trinajstić information content (AvgIpc) is 2.45. The van der Waals surface area contributed by atoms with E-state index in [2.05, 4.69) is 29.6 Å². The number of hydrogen-bond donors (Lipinski definition) is 1. The van der Waals surface area contributed by atoms with Crippen molar-refractivity contribution in [1.82, 2.24) is 5.32 Å². The fraction of sp³-hybridized carbons (Fsp3) is 0.250. The van der Waals surface area contributed by atoms with Crippen molar-refractivity contribution in [1.29, 1.82) is 0 Å². The second-order valence-electron chi connectivity index (χ2n) is 4.72. The van der Waals surface area contributed by atoms with Crippen LogP contribution in [-0.4, -0.2) is 13.2 Å². The molecule has 1 atom stereocenters. The van der Waals surface area contributed by atoms with Crippen LogP contribution in [0.2, 0.25) is 5.02 Å². The van der Waals surface area contributed by atoms with Crippen molar-refractivity contribution < 1.29 is 4.74 Å². The molecular formula is C16H17Cl2NO. The molecule has 0 spiro atoms. The predicted octanol–water partition coefficient (Wildman–Crippen LogP) is 4.03. The van der Waals surface area contributed by atoms with Gasteiger partial charge in [0, 0.05) is 5.02 Å². The standard InChI is InChI=1S/C16H16ClNO.ClH/c17-13-5-3-6-14(10-13)19-11-16-15-7-2-1-4-12(15)8-9-18-16;/h1-7,10,16,18H,8-9,11H2;1H. The second kappa shape index (κ2) is 6.98. The smallest absolute Gasteiger partial charge is 0.120 e. The van der Waals surface area contributed by atoms with E-state index in [0.717, 1.165) is 18.7 Å². The van der Waals surface area contributed by atoms with Gasteiger partial charge >= 0.3 is 0 Å². The molecule has 0 aliphatic carbocycles. The molecule has 0 saturated heterocycles.